The van der Waals surface area contributed by atoms with Crippen molar-refractivity contribution in [3.63, 3.8) is 0 Å². The molecular formula is C20H17NO4. The maximum Gasteiger partial charge on any atom is 0.339 e. The van der Waals surface area contributed by atoms with Crippen LogP contribution in [0.5, 0.6) is 5.75 Å². The van der Waals surface area contributed by atoms with E-state index in [0.717, 1.165) is 5.52 Å². The number of ketones is 1. The zero-order valence-corrected chi connectivity index (χ0v) is 14.0. The number of rotatable bonds is 5. The number of hydrogen-bond acceptors (Lipinski definition) is 5. The van der Waals surface area contributed by atoms with Crippen molar-refractivity contribution in [3.05, 3.63) is 71.4 Å². The predicted molar refractivity (Wildman–Crippen MR) is 94.1 cm³/mol. The molecule has 0 amide bonds. The monoisotopic (exact) mass is 335 g/mol. The number of pyridine rings is 1. The lowest BCUT2D eigenvalue weighted by Gasteiger charge is -2.08. The minimum Gasteiger partial charge on any atom is -0.497 e. The van der Waals surface area contributed by atoms with E-state index in [-0.39, 0.29) is 12.4 Å². The van der Waals surface area contributed by atoms with Gasteiger partial charge < -0.3 is 9.47 Å². The van der Waals surface area contributed by atoms with Gasteiger partial charge in [-0.3, -0.25) is 9.78 Å². The molecule has 0 fully saturated rings. The van der Waals surface area contributed by atoms with E-state index in [0.29, 0.717) is 28.0 Å². The molecular weight excluding hydrogens is 318 g/mol. The lowest BCUT2D eigenvalue weighted by molar-refractivity contribution is 0.0476. The van der Waals surface area contributed by atoms with Gasteiger partial charge in [-0.05, 0) is 43.3 Å². The Morgan fingerprint density at radius 1 is 1.04 bits per heavy atom. The number of Topliss-reactive ketones (excluding diaryl/α,β-unsaturated/α-hetero) is 1. The molecule has 0 saturated heterocycles. The fraction of sp³-hybridized carbons (Fsp3) is 0.150. The summed E-state index contributed by atoms with van der Waals surface area (Å²) >= 11 is 0. The van der Waals surface area contributed by atoms with E-state index in [9.17, 15) is 9.59 Å². The molecule has 0 radical (unpaired) electrons. The standard InChI is InChI=1S/C20H17NO4/c1-13-11-17(16-5-3-4-6-18(16)21-13)20(23)25-12-19(22)14-7-9-15(24-2)10-8-14/h3-11H,12H2,1-2H3. The van der Waals surface area contributed by atoms with Crippen molar-refractivity contribution >= 4 is 22.7 Å². The van der Waals surface area contributed by atoms with Gasteiger partial charge in [-0.2, -0.15) is 0 Å². The first-order chi connectivity index (χ1) is 12.1. The number of aromatic nitrogens is 1. The third kappa shape index (κ3) is 3.66. The Morgan fingerprint density at radius 3 is 2.48 bits per heavy atom. The number of nitrogens with zero attached hydrogens (tertiary/aromatic N) is 1. The molecule has 5 heteroatoms. The van der Waals surface area contributed by atoms with Crippen LogP contribution in [-0.4, -0.2) is 30.5 Å². The van der Waals surface area contributed by atoms with Crippen molar-refractivity contribution < 1.29 is 19.1 Å². The zero-order valence-electron chi connectivity index (χ0n) is 14.0. The summed E-state index contributed by atoms with van der Waals surface area (Å²) in [5, 5.41) is 0.704. The quantitative estimate of drug-likeness (QED) is 0.526. The molecule has 0 unspecified atom stereocenters. The summed E-state index contributed by atoms with van der Waals surface area (Å²) in [5.41, 5.74) is 2.30. The van der Waals surface area contributed by atoms with Crippen LogP contribution in [0.3, 0.4) is 0 Å². The Kier molecular flexibility index (Phi) is 4.75. The fourth-order valence-electron chi connectivity index (χ4n) is 2.55. The number of aryl methyl sites for hydroxylation is 1. The van der Waals surface area contributed by atoms with Gasteiger partial charge in [0.25, 0.3) is 0 Å². The molecule has 0 aliphatic carbocycles. The first-order valence-electron chi connectivity index (χ1n) is 7.79. The number of ether oxygens (including phenoxy) is 2. The van der Waals surface area contributed by atoms with Gasteiger partial charge in [0.2, 0.25) is 0 Å². The van der Waals surface area contributed by atoms with E-state index in [2.05, 4.69) is 4.98 Å². The first kappa shape index (κ1) is 16.6. The van der Waals surface area contributed by atoms with Crippen molar-refractivity contribution in [3.8, 4) is 5.75 Å². The van der Waals surface area contributed by atoms with Crippen LogP contribution in [0.25, 0.3) is 10.9 Å². The first-order valence-corrected chi connectivity index (χ1v) is 7.79. The van der Waals surface area contributed by atoms with E-state index in [1.807, 2.05) is 31.2 Å². The highest BCUT2D eigenvalue weighted by Gasteiger charge is 2.15. The molecule has 0 aliphatic rings. The number of methoxy groups -OCH3 is 1. The second kappa shape index (κ2) is 7.13. The lowest BCUT2D eigenvalue weighted by Crippen LogP contribution is -2.15. The number of esters is 1. The van der Waals surface area contributed by atoms with Crippen LogP contribution in [0.4, 0.5) is 0 Å². The van der Waals surface area contributed by atoms with Crippen LogP contribution < -0.4 is 4.74 Å². The highest BCUT2D eigenvalue weighted by atomic mass is 16.5. The number of hydrogen-bond donors (Lipinski definition) is 0. The third-order valence-electron chi connectivity index (χ3n) is 3.81. The topological polar surface area (TPSA) is 65.5 Å². The summed E-state index contributed by atoms with van der Waals surface area (Å²) in [7, 11) is 1.56. The normalized spacial score (nSPS) is 10.5. The molecule has 0 N–H and O–H groups in total. The van der Waals surface area contributed by atoms with E-state index in [4.69, 9.17) is 9.47 Å². The molecule has 1 aromatic heterocycles. The van der Waals surface area contributed by atoms with Crippen LogP contribution in [0.15, 0.2) is 54.6 Å². The average Bonchev–Trinajstić information content (AvgIpc) is 2.65. The van der Waals surface area contributed by atoms with Crippen LogP contribution in [0, 0.1) is 6.92 Å². The maximum absolute atomic E-state index is 12.4. The van der Waals surface area contributed by atoms with Crippen LogP contribution in [0.2, 0.25) is 0 Å². The summed E-state index contributed by atoms with van der Waals surface area (Å²) in [6.07, 6.45) is 0. The van der Waals surface area contributed by atoms with Crippen molar-refractivity contribution in [2.24, 2.45) is 0 Å². The van der Waals surface area contributed by atoms with Gasteiger partial charge in [0.15, 0.2) is 12.4 Å². The lowest BCUT2D eigenvalue weighted by atomic mass is 10.1. The number of benzene rings is 2. The van der Waals surface area contributed by atoms with Gasteiger partial charge in [-0.25, -0.2) is 4.79 Å². The Balaban J connectivity index is 1.75. The van der Waals surface area contributed by atoms with E-state index in [1.54, 1.807) is 37.4 Å². The molecule has 0 spiro atoms. The van der Waals surface area contributed by atoms with Crippen molar-refractivity contribution in [2.75, 3.05) is 13.7 Å². The zero-order chi connectivity index (χ0) is 17.8. The molecule has 25 heavy (non-hydrogen) atoms. The summed E-state index contributed by atoms with van der Waals surface area (Å²) in [6.45, 7) is 1.49. The summed E-state index contributed by atoms with van der Waals surface area (Å²) in [5.74, 6) is -0.151. The van der Waals surface area contributed by atoms with E-state index >= 15 is 0 Å². The fourth-order valence-corrected chi connectivity index (χ4v) is 2.55. The second-order valence-corrected chi connectivity index (χ2v) is 5.56. The van der Waals surface area contributed by atoms with Crippen LogP contribution in [-0.2, 0) is 4.74 Å². The summed E-state index contributed by atoms with van der Waals surface area (Å²) < 4.78 is 10.3. The van der Waals surface area contributed by atoms with Crippen molar-refractivity contribution in [1.29, 1.82) is 0 Å². The highest BCUT2D eigenvalue weighted by Crippen LogP contribution is 2.19. The number of carbonyl (C=O) groups is 2. The minimum atomic E-state index is -0.538. The Labute approximate surface area is 145 Å². The molecule has 0 atom stereocenters. The average molecular weight is 335 g/mol. The van der Waals surface area contributed by atoms with Gasteiger partial charge in [0.1, 0.15) is 5.75 Å². The van der Waals surface area contributed by atoms with E-state index < -0.39 is 5.97 Å². The van der Waals surface area contributed by atoms with Gasteiger partial charge in [0.05, 0.1) is 18.2 Å². The Morgan fingerprint density at radius 2 is 1.76 bits per heavy atom. The van der Waals surface area contributed by atoms with Crippen molar-refractivity contribution in [2.45, 2.75) is 6.92 Å². The molecule has 3 aromatic rings. The molecule has 0 saturated carbocycles. The Hall–Kier alpha value is -3.21. The van der Waals surface area contributed by atoms with Gasteiger partial charge in [-0.1, -0.05) is 18.2 Å². The van der Waals surface area contributed by atoms with Crippen LogP contribution >= 0.6 is 0 Å². The number of carbonyl (C=O) groups excluding carboxylic acids is 2. The highest BCUT2D eigenvalue weighted by molar-refractivity contribution is 6.05. The number of fused-ring (bicyclic) bond motifs is 1. The van der Waals surface area contributed by atoms with E-state index in [1.165, 1.54) is 0 Å². The maximum atomic E-state index is 12.4. The largest absolute Gasteiger partial charge is 0.497 e. The predicted octanol–water partition coefficient (Wildman–Crippen LogP) is 3.59. The van der Waals surface area contributed by atoms with Crippen molar-refractivity contribution in [1.82, 2.24) is 4.98 Å². The SMILES string of the molecule is COc1ccc(C(=O)COC(=O)c2cc(C)nc3ccccc23)cc1. The van der Waals surface area contributed by atoms with Crippen LogP contribution in [0.1, 0.15) is 26.4 Å². The molecule has 0 aliphatic heterocycles. The number of para-hydroxylation sites is 1. The molecule has 126 valence electrons. The second-order valence-electron chi connectivity index (χ2n) is 5.56. The molecule has 5 nitrogen and oxygen atoms in total. The molecule has 3 rings (SSSR count). The third-order valence-corrected chi connectivity index (χ3v) is 3.81. The molecule has 2 aromatic carbocycles. The van der Waals surface area contributed by atoms with Gasteiger partial charge in [-0.15, -0.1) is 0 Å². The van der Waals surface area contributed by atoms with Gasteiger partial charge in [0, 0.05) is 16.6 Å². The van der Waals surface area contributed by atoms with Gasteiger partial charge >= 0.3 is 5.97 Å². The molecule has 0 bridgehead atoms. The minimum absolute atomic E-state index is 0.272. The molecule has 1 heterocycles. The smallest absolute Gasteiger partial charge is 0.339 e. The Bertz CT molecular complexity index is 932. The summed E-state index contributed by atoms with van der Waals surface area (Å²) in [4.78, 5) is 29.0. The summed E-state index contributed by atoms with van der Waals surface area (Å²) in [6, 6.07) is 15.7.